The van der Waals surface area contributed by atoms with Crippen molar-refractivity contribution in [3.63, 3.8) is 0 Å². The van der Waals surface area contributed by atoms with Crippen molar-refractivity contribution in [3.8, 4) is 11.3 Å². The minimum atomic E-state index is -3.69. The number of aliphatic hydroxyl groups is 1. The number of aromatic amines is 1. The number of hydrogen-bond acceptors (Lipinski definition) is 9. The first-order valence-corrected chi connectivity index (χ1v) is 15.9. The lowest BCUT2D eigenvalue weighted by molar-refractivity contribution is 0.107. The molecule has 226 valence electrons. The van der Waals surface area contributed by atoms with Crippen LogP contribution in [0.25, 0.3) is 27.8 Å². The second-order valence-corrected chi connectivity index (χ2v) is 13.6. The highest BCUT2D eigenvalue weighted by Crippen LogP contribution is 2.26. The van der Waals surface area contributed by atoms with Gasteiger partial charge in [-0.25, -0.2) is 27.6 Å². The average molecular weight is 604 g/mol. The summed E-state index contributed by atoms with van der Waals surface area (Å²) >= 11 is 0. The molecule has 0 unspecified atom stereocenters. The summed E-state index contributed by atoms with van der Waals surface area (Å²) in [5, 5.41) is 17.2. The largest absolute Gasteiger partial charge is 0.395 e. The lowest BCUT2D eigenvalue weighted by Gasteiger charge is -2.33. The second-order valence-electron chi connectivity index (χ2n) is 11.9. The summed E-state index contributed by atoms with van der Waals surface area (Å²) in [6.07, 6.45) is 1.73. The van der Waals surface area contributed by atoms with Crippen molar-refractivity contribution in [2.45, 2.75) is 37.8 Å². The molecule has 12 nitrogen and oxygen atoms in total. The van der Waals surface area contributed by atoms with Crippen LogP contribution in [0, 0.1) is 0 Å². The molecule has 5 aromatic rings. The summed E-state index contributed by atoms with van der Waals surface area (Å²) in [6.45, 7) is 10.9. The Hall–Kier alpha value is -3.88. The normalized spacial score (nSPS) is 15.4. The van der Waals surface area contributed by atoms with Crippen LogP contribution < -0.4 is 10.0 Å². The predicted octanol–water partition coefficient (Wildman–Crippen LogP) is 3.20. The van der Waals surface area contributed by atoms with Crippen LogP contribution in [-0.4, -0.2) is 92.8 Å². The summed E-state index contributed by atoms with van der Waals surface area (Å²) in [7, 11) is -3.69. The number of anilines is 2. The summed E-state index contributed by atoms with van der Waals surface area (Å²) in [6, 6.07) is 16.6. The van der Waals surface area contributed by atoms with E-state index in [0.29, 0.717) is 5.95 Å². The third-order valence-corrected chi connectivity index (χ3v) is 9.08. The monoisotopic (exact) mass is 603 g/mol. The summed E-state index contributed by atoms with van der Waals surface area (Å²) in [5.41, 5.74) is 4.29. The number of hydrogen-bond donors (Lipinski definition) is 4. The molecule has 3 aromatic heterocycles. The molecule has 6 rings (SSSR count). The van der Waals surface area contributed by atoms with Gasteiger partial charge < -0.3 is 15.4 Å². The third kappa shape index (κ3) is 6.71. The fourth-order valence-electron chi connectivity index (χ4n) is 5.33. The minimum Gasteiger partial charge on any atom is -0.395 e. The van der Waals surface area contributed by atoms with Gasteiger partial charge >= 0.3 is 0 Å². The van der Waals surface area contributed by atoms with E-state index in [9.17, 15) is 8.42 Å². The summed E-state index contributed by atoms with van der Waals surface area (Å²) < 4.78 is 30.4. The number of aliphatic hydroxyl groups excluding tert-OH is 1. The van der Waals surface area contributed by atoms with Gasteiger partial charge in [-0.3, -0.25) is 9.80 Å². The number of H-pyrrole nitrogens is 1. The maximum absolute atomic E-state index is 12.9. The van der Waals surface area contributed by atoms with Crippen molar-refractivity contribution in [1.82, 2.24) is 39.1 Å². The van der Waals surface area contributed by atoms with Crippen molar-refractivity contribution >= 4 is 38.2 Å². The molecular weight excluding hydrogens is 566 g/mol. The zero-order valence-corrected chi connectivity index (χ0v) is 25.4. The first-order chi connectivity index (χ1) is 20.6. The highest BCUT2D eigenvalue weighted by Gasteiger charge is 2.23. The van der Waals surface area contributed by atoms with Crippen LogP contribution >= 0.6 is 0 Å². The number of fused-ring (bicyclic) bond motifs is 2. The SMILES string of the molecule is CC(C)(C)NS(=O)(=O)c1cccc(-c2ccc3cnc(Nc4ccc5nc(CN6CCN(CCO)CC6)[nH]c5c4)nn23)c1. The van der Waals surface area contributed by atoms with Crippen molar-refractivity contribution in [1.29, 1.82) is 0 Å². The Morgan fingerprint density at radius 1 is 1.00 bits per heavy atom. The quantitative estimate of drug-likeness (QED) is 0.200. The maximum atomic E-state index is 12.9. The van der Waals surface area contributed by atoms with Gasteiger partial charge in [-0.2, -0.15) is 0 Å². The zero-order valence-electron chi connectivity index (χ0n) is 24.6. The van der Waals surface area contributed by atoms with Crippen LogP contribution in [0.1, 0.15) is 26.6 Å². The van der Waals surface area contributed by atoms with E-state index in [4.69, 9.17) is 15.2 Å². The van der Waals surface area contributed by atoms with Gasteiger partial charge in [0.15, 0.2) is 0 Å². The van der Waals surface area contributed by atoms with Crippen molar-refractivity contribution in [2.75, 3.05) is 44.6 Å². The van der Waals surface area contributed by atoms with Crippen LogP contribution in [0.3, 0.4) is 0 Å². The molecule has 0 radical (unpaired) electrons. The first-order valence-electron chi connectivity index (χ1n) is 14.4. The van der Waals surface area contributed by atoms with E-state index in [1.165, 1.54) is 0 Å². The highest BCUT2D eigenvalue weighted by molar-refractivity contribution is 7.89. The standard InChI is InChI=1S/C30H37N9O3S/c1-30(2,3)36-43(41,42)24-6-4-5-21(17-24)27-10-8-23-19-31-29(35-39(23)27)32-22-7-9-25-26(18-22)34-28(33-25)20-38-13-11-37(12-14-38)15-16-40/h4-10,17-19,36,40H,11-16,20H2,1-3H3,(H,32,35)(H,33,34). The smallest absolute Gasteiger partial charge is 0.245 e. The number of benzene rings is 2. The van der Waals surface area contributed by atoms with E-state index in [0.717, 1.165) is 78.6 Å². The number of nitrogens with one attached hydrogen (secondary N) is 3. The van der Waals surface area contributed by atoms with Crippen molar-refractivity contribution in [3.05, 3.63) is 66.6 Å². The molecule has 2 aromatic carbocycles. The molecule has 1 aliphatic rings. The molecule has 0 amide bonds. The van der Waals surface area contributed by atoms with E-state index < -0.39 is 15.6 Å². The van der Waals surface area contributed by atoms with Gasteiger partial charge in [0, 0.05) is 49.5 Å². The van der Waals surface area contributed by atoms with Gasteiger partial charge in [0.25, 0.3) is 0 Å². The zero-order chi connectivity index (χ0) is 30.2. The molecule has 0 atom stereocenters. The Bertz CT molecular complexity index is 1850. The molecule has 0 spiro atoms. The predicted molar refractivity (Wildman–Crippen MR) is 167 cm³/mol. The number of sulfonamides is 1. The Labute approximate surface area is 250 Å². The van der Waals surface area contributed by atoms with E-state index in [2.05, 4.69) is 29.8 Å². The van der Waals surface area contributed by atoms with E-state index in [-0.39, 0.29) is 11.5 Å². The lowest BCUT2D eigenvalue weighted by atomic mass is 10.1. The second kappa shape index (κ2) is 11.7. The number of piperazine rings is 1. The molecule has 1 fully saturated rings. The highest BCUT2D eigenvalue weighted by atomic mass is 32.2. The third-order valence-electron chi connectivity index (χ3n) is 7.32. The van der Waals surface area contributed by atoms with Gasteiger partial charge in [-0.15, -0.1) is 5.10 Å². The van der Waals surface area contributed by atoms with E-state index in [1.54, 1.807) is 28.9 Å². The Morgan fingerprint density at radius 3 is 2.56 bits per heavy atom. The van der Waals surface area contributed by atoms with Gasteiger partial charge in [-0.1, -0.05) is 12.1 Å². The Kier molecular flexibility index (Phi) is 7.92. The van der Waals surface area contributed by atoms with Crippen LogP contribution in [0.15, 0.2) is 65.7 Å². The van der Waals surface area contributed by atoms with Crippen molar-refractivity contribution < 1.29 is 13.5 Å². The number of imidazole rings is 1. The van der Waals surface area contributed by atoms with Crippen LogP contribution in [-0.2, 0) is 16.6 Å². The summed E-state index contributed by atoms with van der Waals surface area (Å²) in [5.74, 6) is 1.32. The number of nitrogens with zero attached hydrogens (tertiary/aromatic N) is 6. The molecule has 1 aliphatic heterocycles. The topological polar surface area (TPSA) is 144 Å². The number of rotatable bonds is 9. The van der Waals surface area contributed by atoms with Gasteiger partial charge in [0.05, 0.1) is 46.5 Å². The van der Waals surface area contributed by atoms with Gasteiger partial charge in [0.2, 0.25) is 16.0 Å². The fraction of sp³-hybridized carbons (Fsp3) is 0.367. The molecule has 43 heavy (non-hydrogen) atoms. The molecule has 0 aliphatic carbocycles. The summed E-state index contributed by atoms with van der Waals surface area (Å²) in [4.78, 5) is 17.5. The van der Waals surface area contributed by atoms with Gasteiger partial charge in [0.1, 0.15) is 5.82 Å². The molecule has 1 saturated heterocycles. The van der Waals surface area contributed by atoms with Crippen LogP contribution in [0.2, 0.25) is 0 Å². The number of aromatic nitrogens is 5. The van der Waals surface area contributed by atoms with Crippen LogP contribution in [0.5, 0.6) is 0 Å². The maximum Gasteiger partial charge on any atom is 0.245 e. The minimum absolute atomic E-state index is 0.193. The van der Waals surface area contributed by atoms with Crippen LogP contribution in [0.4, 0.5) is 11.6 Å². The lowest BCUT2D eigenvalue weighted by Crippen LogP contribution is -2.46. The molecule has 4 N–H and O–H groups in total. The molecule has 4 heterocycles. The number of β-amino-alcohol motifs (C(OH)–C–C–N with tert-alkyl or cyclic N) is 1. The molecule has 13 heteroatoms. The fourth-order valence-corrected chi connectivity index (χ4v) is 6.79. The Morgan fingerprint density at radius 2 is 1.79 bits per heavy atom. The average Bonchev–Trinajstić information content (AvgIpc) is 3.56. The van der Waals surface area contributed by atoms with E-state index in [1.807, 2.05) is 57.2 Å². The molecular formula is C30H37N9O3S. The van der Waals surface area contributed by atoms with Gasteiger partial charge in [-0.05, 0) is 63.2 Å². The Balaban J connectivity index is 1.20. The first kappa shape index (κ1) is 29.2. The molecule has 0 bridgehead atoms. The van der Waals surface area contributed by atoms with E-state index >= 15 is 0 Å². The molecule has 0 saturated carbocycles. The van der Waals surface area contributed by atoms with Crippen molar-refractivity contribution in [2.24, 2.45) is 0 Å².